The predicted octanol–water partition coefficient (Wildman–Crippen LogP) is 5.51. The van der Waals surface area contributed by atoms with E-state index >= 15 is 0 Å². The molecular formula is C29H24ClF4N7. The summed E-state index contributed by atoms with van der Waals surface area (Å²) in [6, 6.07) is 10.4. The Bertz CT molecular complexity index is 1720. The third-order valence-corrected chi connectivity index (χ3v) is 11.5. The molecule has 12 heteroatoms. The van der Waals surface area contributed by atoms with Crippen molar-refractivity contribution in [2.24, 2.45) is 16.2 Å². The Balaban J connectivity index is 0.978. The smallest absolute Gasteiger partial charge is 0.355 e. The number of hydrogen-bond donors (Lipinski definition) is 0. The van der Waals surface area contributed by atoms with Gasteiger partial charge >= 0.3 is 6.18 Å². The van der Waals surface area contributed by atoms with Crippen molar-refractivity contribution >= 4 is 17.4 Å². The molecule has 4 saturated carbocycles. The highest BCUT2D eigenvalue weighted by molar-refractivity contribution is 6.30. The molecule has 0 bridgehead atoms. The monoisotopic (exact) mass is 581 g/mol. The molecule has 4 heterocycles. The van der Waals surface area contributed by atoms with Crippen molar-refractivity contribution in [1.29, 1.82) is 5.26 Å². The van der Waals surface area contributed by atoms with Gasteiger partial charge in [0, 0.05) is 46.9 Å². The molecule has 2 aliphatic heterocycles. The van der Waals surface area contributed by atoms with E-state index in [0.717, 1.165) is 48.8 Å². The van der Waals surface area contributed by atoms with E-state index in [0.29, 0.717) is 30.4 Å². The van der Waals surface area contributed by atoms with Gasteiger partial charge in [-0.2, -0.15) is 18.4 Å². The highest BCUT2D eigenvalue weighted by Crippen LogP contribution is 3.00. The highest BCUT2D eigenvalue weighted by Gasteiger charge is 3.03. The first-order chi connectivity index (χ1) is 19.5. The van der Waals surface area contributed by atoms with Crippen molar-refractivity contribution in [2.75, 3.05) is 18.0 Å². The Morgan fingerprint density at radius 1 is 1.02 bits per heavy atom. The van der Waals surface area contributed by atoms with E-state index in [4.69, 9.17) is 16.9 Å². The molecule has 210 valence electrons. The van der Waals surface area contributed by atoms with Crippen molar-refractivity contribution in [3.8, 4) is 11.8 Å². The lowest BCUT2D eigenvalue weighted by molar-refractivity contribution is -0.220. The molecule has 2 spiro atoms. The summed E-state index contributed by atoms with van der Waals surface area (Å²) in [7, 11) is 0. The second-order valence-electron chi connectivity index (χ2n) is 13.2. The van der Waals surface area contributed by atoms with Crippen molar-refractivity contribution in [3.05, 3.63) is 64.1 Å². The fourth-order valence-electron chi connectivity index (χ4n) is 9.25. The number of anilines is 1. The van der Waals surface area contributed by atoms with Gasteiger partial charge in [-0.3, -0.25) is 9.47 Å². The van der Waals surface area contributed by atoms with Crippen LogP contribution in [0.1, 0.15) is 60.9 Å². The van der Waals surface area contributed by atoms with Gasteiger partial charge in [0.2, 0.25) is 0 Å². The Morgan fingerprint density at radius 2 is 1.83 bits per heavy atom. The summed E-state index contributed by atoms with van der Waals surface area (Å²) < 4.78 is 57.4. The molecular weight excluding hydrogens is 558 g/mol. The molecule has 3 aromatic rings. The van der Waals surface area contributed by atoms with Gasteiger partial charge in [0.1, 0.15) is 17.7 Å². The highest BCUT2D eigenvalue weighted by atomic mass is 35.5. The summed E-state index contributed by atoms with van der Waals surface area (Å²) in [6.45, 7) is 2.55. The Morgan fingerprint density at radius 3 is 2.54 bits per heavy atom. The number of fused-ring (bicyclic) bond motifs is 3. The molecule has 41 heavy (non-hydrogen) atoms. The maximum Gasteiger partial charge on any atom is 0.395 e. The number of pyridine rings is 1. The second-order valence-corrected chi connectivity index (χ2v) is 13.7. The second kappa shape index (κ2) is 7.21. The fourth-order valence-corrected chi connectivity index (χ4v) is 9.45. The topological polar surface area (TPSA) is 73.9 Å². The van der Waals surface area contributed by atoms with E-state index < -0.39 is 28.4 Å². The van der Waals surface area contributed by atoms with Crippen molar-refractivity contribution < 1.29 is 17.6 Å². The number of alkyl halides is 3. The van der Waals surface area contributed by atoms with E-state index in [1.54, 1.807) is 12.1 Å². The molecule has 1 aromatic carbocycles. The average molecular weight is 582 g/mol. The van der Waals surface area contributed by atoms with Crippen LogP contribution in [0.2, 0.25) is 5.02 Å². The molecule has 1 saturated heterocycles. The first kappa shape index (κ1) is 24.4. The van der Waals surface area contributed by atoms with Gasteiger partial charge in [0.25, 0.3) is 0 Å². The maximum atomic E-state index is 13.9. The van der Waals surface area contributed by atoms with Gasteiger partial charge in [-0.05, 0) is 68.0 Å². The number of nitriles is 1. The number of aromatic nitrogens is 4. The average Bonchev–Trinajstić information content (AvgIpc) is 3.57. The number of halogens is 5. The normalized spacial score (nSPS) is 32.3. The fraction of sp³-hybridized carbons (Fsp3) is 0.517. The Labute approximate surface area is 237 Å². The zero-order chi connectivity index (χ0) is 28.2. The third kappa shape index (κ3) is 2.86. The number of benzene rings is 1. The third-order valence-electron chi connectivity index (χ3n) is 11.3. The minimum absolute atomic E-state index is 0.109. The van der Waals surface area contributed by atoms with Gasteiger partial charge in [-0.1, -0.05) is 11.6 Å². The van der Waals surface area contributed by atoms with E-state index in [9.17, 15) is 17.6 Å². The molecule has 7 nitrogen and oxygen atoms in total. The molecule has 9 rings (SSSR count). The molecule has 2 aromatic heterocycles. The van der Waals surface area contributed by atoms with Crippen LogP contribution in [0.5, 0.6) is 0 Å². The van der Waals surface area contributed by atoms with E-state index in [2.05, 4.69) is 29.5 Å². The summed E-state index contributed by atoms with van der Waals surface area (Å²) in [4.78, 5) is 8.44. The predicted molar refractivity (Wildman–Crippen MR) is 139 cm³/mol. The molecule has 0 N–H and O–H groups in total. The molecule has 4 aliphatic carbocycles. The largest absolute Gasteiger partial charge is 0.395 e. The zero-order valence-corrected chi connectivity index (χ0v) is 22.6. The summed E-state index contributed by atoms with van der Waals surface area (Å²) in [5, 5.41) is 18.9. The minimum atomic E-state index is -4.14. The van der Waals surface area contributed by atoms with Crippen molar-refractivity contribution in [3.63, 3.8) is 0 Å². The lowest BCUT2D eigenvalue weighted by Crippen LogP contribution is -2.62. The van der Waals surface area contributed by atoms with Crippen LogP contribution in [-0.2, 0) is 13.1 Å². The van der Waals surface area contributed by atoms with Crippen LogP contribution in [0.25, 0.3) is 5.69 Å². The van der Waals surface area contributed by atoms with Crippen LogP contribution in [-0.4, -0.2) is 49.5 Å². The summed E-state index contributed by atoms with van der Waals surface area (Å²) in [5.41, 5.74) is -0.684. The van der Waals surface area contributed by atoms with E-state index in [-0.39, 0.29) is 29.9 Å². The molecule has 0 radical (unpaired) electrons. The van der Waals surface area contributed by atoms with E-state index in [1.807, 2.05) is 18.2 Å². The van der Waals surface area contributed by atoms with Crippen LogP contribution < -0.4 is 4.90 Å². The molecule has 3 atom stereocenters. The molecule has 5 fully saturated rings. The lowest BCUT2D eigenvalue weighted by atomic mass is 9.57. The molecule has 3 unspecified atom stereocenters. The number of rotatable bonds is 3. The standard InChI is InChI=1S/C29H24ClF4N7/c30-18-1-3-21-16(5-18)9-40(28-12-26(28)11-27(26,13-28)29(32,33)34)10-23-37-38-24(41(21)23)17-6-25(7-17)14-39(15-25)22-4-2-19(31)20(8-35)36-22/h1-5,17H,6-7,9-15H2. The first-order valence-corrected chi connectivity index (χ1v) is 14.3. The van der Waals surface area contributed by atoms with Crippen LogP contribution in [0.4, 0.5) is 23.4 Å². The quantitative estimate of drug-likeness (QED) is 0.380. The SMILES string of the molecule is N#Cc1nc(N2CC3(CC(c4nnc5n4-c4ccc(Cl)cc4CN(C46CC7(C(F)(F)F)CC47C6)C5)C3)C2)ccc1F. The Hall–Kier alpha value is -3.23. The molecule has 6 aliphatic rings. The first-order valence-electron chi connectivity index (χ1n) is 13.9. The van der Waals surface area contributed by atoms with E-state index in [1.165, 1.54) is 6.07 Å². The zero-order valence-electron chi connectivity index (χ0n) is 21.8. The van der Waals surface area contributed by atoms with Crippen LogP contribution in [0.15, 0.2) is 30.3 Å². The van der Waals surface area contributed by atoms with Crippen LogP contribution in [0.3, 0.4) is 0 Å². The van der Waals surface area contributed by atoms with Gasteiger partial charge in [-0.15, -0.1) is 10.2 Å². The van der Waals surface area contributed by atoms with Gasteiger partial charge in [-0.25, -0.2) is 9.37 Å². The van der Waals surface area contributed by atoms with Crippen LogP contribution in [0, 0.1) is 33.4 Å². The van der Waals surface area contributed by atoms with Gasteiger partial charge in [0.05, 0.1) is 17.6 Å². The summed E-state index contributed by atoms with van der Waals surface area (Å²) >= 11 is 6.41. The lowest BCUT2D eigenvalue weighted by Gasteiger charge is -2.59. The van der Waals surface area contributed by atoms with Crippen LogP contribution >= 0.6 is 11.6 Å². The summed E-state index contributed by atoms with van der Waals surface area (Å²) in [6.07, 6.45) is -1.30. The van der Waals surface area contributed by atoms with Crippen molar-refractivity contribution in [1.82, 2.24) is 24.6 Å². The van der Waals surface area contributed by atoms with Gasteiger partial charge < -0.3 is 4.90 Å². The summed E-state index contributed by atoms with van der Waals surface area (Å²) in [5.74, 6) is 1.83. The number of nitrogens with zero attached hydrogens (tertiary/aromatic N) is 7. The maximum absolute atomic E-state index is 13.9. The minimum Gasteiger partial charge on any atom is -0.355 e. The van der Waals surface area contributed by atoms with Crippen molar-refractivity contribution in [2.45, 2.75) is 62.8 Å². The Kier molecular flexibility index (Phi) is 4.29. The van der Waals surface area contributed by atoms with Gasteiger partial charge in [0.15, 0.2) is 17.3 Å². The number of hydrogen-bond acceptors (Lipinski definition) is 6. The molecule has 0 amide bonds.